The number of carbonyl (C=O) groups is 5. The van der Waals surface area contributed by atoms with Crippen molar-refractivity contribution in [3.63, 3.8) is 0 Å². The Kier molecular flexibility index (Phi) is 10.6. The SMILES string of the molecule is CSC(O/N=C(\C(=O)NC1C(=O)N2C(C(=O)O)=C(CSc3s[nH]c(=O)c3C(=O)O)CSC12)c1csc(N)n1)C(=O)OC(C)(C)C. The number of aromatic nitrogens is 2. The van der Waals surface area contributed by atoms with Crippen molar-refractivity contribution in [3.8, 4) is 0 Å². The summed E-state index contributed by atoms with van der Waals surface area (Å²) in [5.41, 5.74) is 2.21. The second-order valence-electron chi connectivity index (χ2n) is 10.1. The maximum Gasteiger partial charge on any atom is 0.361 e. The number of H-pyrrole nitrogens is 1. The van der Waals surface area contributed by atoms with Crippen LogP contribution in [0.15, 0.2) is 30.8 Å². The molecule has 6 N–H and O–H groups in total. The van der Waals surface area contributed by atoms with Gasteiger partial charge in [-0.3, -0.25) is 23.7 Å². The van der Waals surface area contributed by atoms with E-state index >= 15 is 0 Å². The number of carbonyl (C=O) groups excluding carboxylic acids is 3. The summed E-state index contributed by atoms with van der Waals surface area (Å²) in [5.74, 6) is -4.95. The summed E-state index contributed by atoms with van der Waals surface area (Å²) in [5, 5.41) is 26.5. The van der Waals surface area contributed by atoms with E-state index in [9.17, 15) is 39.0 Å². The van der Waals surface area contributed by atoms with E-state index in [4.69, 9.17) is 15.3 Å². The first kappa shape index (κ1) is 34.3. The number of aromatic carboxylic acids is 1. The van der Waals surface area contributed by atoms with Crippen LogP contribution in [0, 0.1) is 0 Å². The predicted octanol–water partition coefficient (Wildman–Crippen LogP) is 1.46. The molecule has 2 amide bonds. The molecule has 0 saturated carbocycles. The molecule has 0 spiro atoms. The number of hydrogen-bond donors (Lipinski definition) is 5. The lowest BCUT2D eigenvalue weighted by molar-refractivity contribution is -0.162. The van der Waals surface area contributed by atoms with E-state index in [1.807, 2.05) is 0 Å². The Bertz CT molecular complexity index is 1660. The predicted molar refractivity (Wildman–Crippen MR) is 170 cm³/mol. The zero-order valence-electron chi connectivity index (χ0n) is 23.8. The van der Waals surface area contributed by atoms with Crippen LogP contribution in [0.1, 0.15) is 36.8 Å². The van der Waals surface area contributed by atoms with Crippen LogP contribution in [-0.2, 0) is 28.8 Å². The molecule has 21 heteroatoms. The molecule has 2 aliphatic heterocycles. The second kappa shape index (κ2) is 13.8. The Hall–Kier alpha value is -3.53. The minimum atomic E-state index is -1.41. The number of ether oxygens (including phenoxy) is 1. The maximum absolute atomic E-state index is 13.4. The number of fused-ring (bicyclic) bond motifs is 1. The summed E-state index contributed by atoms with van der Waals surface area (Å²) >= 11 is 4.98. The molecule has 3 unspecified atom stereocenters. The van der Waals surface area contributed by atoms with Gasteiger partial charge < -0.3 is 30.8 Å². The number of β-lactam (4-membered cyclic amide) rings is 1. The number of nitrogens with zero attached hydrogens (tertiary/aromatic N) is 3. The molecule has 2 aromatic heterocycles. The summed E-state index contributed by atoms with van der Waals surface area (Å²) in [7, 11) is 0. The van der Waals surface area contributed by atoms with Gasteiger partial charge in [0.1, 0.15) is 28.4 Å². The topological polar surface area (TPSA) is 244 Å². The maximum atomic E-state index is 13.4. The van der Waals surface area contributed by atoms with E-state index in [0.717, 1.165) is 51.3 Å². The van der Waals surface area contributed by atoms with E-state index in [-0.39, 0.29) is 37.9 Å². The van der Waals surface area contributed by atoms with Crippen LogP contribution in [-0.4, -0.2) is 100 Å². The average Bonchev–Trinajstić information content (AvgIpc) is 3.55. The molecule has 2 aliphatic rings. The monoisotopic (exact) mass is 718 g/mol. The van der Waals surface area contributed by atoms with Gasteiger partial charge in [0.15, 0.2) is 16.4 Å². The van der Waals surface area contributed by atoms with Gasteiger partial charge in [-0.1, -0.05) is 16.7 Å². The fourth-order valence-corrected chi connectivity index (χ4v) is 8.33. The number of oxime groups is 1. The molecule has 45 heavy (non-hydrogen) atoms. The number of nitrogens with two attached hydrogens (primary N) is 1. The molecule has 4 heterocycles. The zero-order valence-corrected chi connectivity index (χ0v) is 27.9. The summed E-state index contributed by atoms with van der Waals surface area (Å²) in [6, 6.07) is -1.14. The molecule has 0 aliphatic carbocycles. The average molecular weight is 719 g/mol. The van der Waals surface area contributed by atoms with Crippen molar-refractivity contribution in [2.75, 3.05) is 23.5 Å². The van der Waals surface area contributed by atoms with E-state index in [2.05, 4.69) is 19.8 Å². The normalized spacial score (nSPS) is 19.0. The second-order valence-corrected chi connectivity index (χ2v) is 15.1. The minimum Gasteiger partial charge on any atom is -0.477 e. The standard InChI is InChI=1S/C24H26N6O10S5/c1-24(2,3)39-20(38)21(41-4)40-28-11(9-7-44-23(25)26-9)15(32)27-12-16(33)30-13(19(36)37)8(5-42-17(12)30)6-43-22-10(18(34)35)14(31)29-45-22/h7,12,17,21H,5-6H2,1-4H3,(H2,25,26)(H,27,32)(H,29,31)(H,34,35)(H,36,37)/b28-11-. The smallest absolute Gasteiger partial charge is 0.361 e. The van der Waals surface area contributed by atoms with Gasteiger partial charge in [0.2, 0.25) is 0 Å². The number of aliphatic carboxylic acids is 1. The van der Waals surface area contributed by atoms with Crippen molar-refractivity contribution in [2.45, 2.75) is 47.4 Å². The Morgan fingerprint density at radius 1 is 1.27 bits per heavy atom. The molecule has 0 bridgehead atoms. The number of amides is 2. The van der Waals surface area contributed by atoms with Crippen molar-refractivity contribution in [2.24, 2.45) is 5.16 Å². The highest BCUT2D eigenvalue weighted by Gasteiger charge is 2.54. The van der Waals surface area contributed by atoms with Crippen molar-refractivity contribution in [1.29, 1.82) is 0 Å². The molecule has 242 valence electrons. The molecule has 16 nitrogen and oxygen atoms in total. The molecular formula is C24H26N6O10S5. The first-order chi connectivity index (χ1) is 21.1. The molecule has 3 atom stereocenters. The number of rotatable bonds is 12. The lowest BCUT2D eigenvalue weighted by Gasteiger charge is -2.49. The van der Waals surface area contributed by atoms with Gasteiger partial charge in [-0.25, -0.2) is 19.4 Å². The number of aromatic amines is 1. The quantitative estimate of drug-likeness (QED) is 0.0521. The Morgan fingerprint density at radius 2 is 1.98 bits per heavy atom. The number of anilines is 1. The van der Waals surface area contributed by atoms with Gasteiger partial charge in [0.05, 0.1) is 4.21 Å². The number of nitrogens with one attached hydrogen (secondary N) is 2. The highest BCUT2D eigenvalue weighted by Crippen LogP contribution is 2.42. The van der Waals surface area contributed by atoms with Crippen LogP contribution in [0.25, 0.3) is 0 Å². The van der Waals surface area contributed by atoms with Gasteiger partial charge in [-0.2, -0.15) is 0 Å². The number of esters is 1. The first-order valence-corrected chi connectivity index (χ1v) is 17.6. The summed E-state index contributed by atoms with van der Waals surface area (Å²) in [4.78, 5) is 85.1. The van der Waals surface area contributed by atoms with Crippen LogP contribution in [0.2, 0.25) is 0 Å². The number of carboxylic acids is 2. The zero-order chi connectivity index (χ0) is 33.2. The van der Waals surface area contributed by atoms with Gasteiger partial charge in [0, 0.05) is 16.9 Å². The number of nitrogen functional groups attached to an aromatic ring is 1. The number of hydrogen-bond acceptors (Lipinski definition) is 16. The molecule has 2 aromatic rings. The van der Waals surface area contributed by atoms with Crippen molar-refractivity contribution < 1.29 is 43.8 Å². The number of carboxylic acid groups (broad SMARTS) is 2. The van der Waals surface area contributed by atoms with Crippen molar-refractivity contribution in [1.82, 2.24) is 19.6 Å². The molecule has 0 radical (unpaired) electrons. The first-order valence-electron chi connectivity index (χ1n) is 12.6. The van der Waals surface area contributed by atoms with Crippen LogP contribution in [0.4, 0.5) is 5.13 Å². The number of thioether (sulfide) groups is 3. The largest absolute Gasteiger partial charge is 0.477 e. The third kappa shape index (κ3) is 7.65. The fourth-order valence-electron chi connectivity index (χ4n) is 3.96. The summed E-state index contributed by atoms with van der Waals surface area (Å²) in [6.07, 6.45) is 1.58. The summed E-state index contributed by atoms with van der Waals surface area (Å²) in [6.45, 7) is 5.04. The van der Waals surface area contributed by atoms with E-state index in [0.29, 0.717) is 5.57 Å². The highest BCUT2D eigenvalue weighted by molar-refractivity contribution is 8.02. The summed E-state index contributed by atoms with van der Waals surface area (Å²) < 4.78 is 7.83. The molecular weight excluding hydrogens is 693 g/mol. The minimum absolute atomic E-state index is 0.00385. The lowest BCUT2D eigenvalue weighted by Crippen LogP contribution is -2.71. The van der Waals surface area contributed by atoms with E-state index < -0.39 is 63.3 Å². The van der Waals surface area contributed by atoms with Gasteiger partial charge in [-0.05, 0) is 32.6 Å². The van der Waals surface area contributed by atoms with Crippen LogP contribution < -0.4 is 16.6 Å². The molecule has 4 rings (SSSR count). The van der Waals surface area contributed by atoms with Gasteiger partial charge in [-0.15, -0.1) is 46.6 Å². The third-order valence-electron chi connectivity index (χ3n) is 5.83. The fraction of sp³-hybridized carbons (Fsp3) is 0.417. The van der Waals surface area contributed by atoms with Crippen molar-refractivity contribution in [3.05, 3.63) is 38.3 Å². The van der Waals surface area contributed by atoms with Gasteiger partial charge >= 0.3 is 17.9 Å². The van der Waals surface area contributed by atoms with E-state index in [1.165, 1.54) is 17.1 Å². The van der Waals surface area contributed by atoms with Crippen molar-refractivity contribution >= 4 is 98.7 Å². The third-order valence-corrected chi connectivity index (χ3v) is 10.8. The lowest BCUT2D eigenvalue weighted by atomic mass is 10.0. The van der Waals surface area contributed by atoms with Gasteiger partial charge in [0.25, 0.3) is 22.8 Å². The van der Waals surface area contributed by atoms with E-state index in [1.54, 1.807) is 27.0 Å². The van der Waals surface area contributed by atoms with Crippen LogP contribution >= 0.6 is 58.2 Å². The highest BCUT2D eigenvalue weighted by atomic mass is 32.2. The number of thiazole rings is 1. The molecule has 1 fully saturated rings. The Morgan fingerprint density at radius 3 is 2.56 bits per heavy atom. The Labute approximate surface area is 275 Å². The van der Waals surface area contributed by atoms with Crippen LogP contribution in [0.3, 0.4) is 0 Å². The Balaban J connectivity index is 1.52. The van der Waals surface area contributed by atoms with Crippen LogP contribution in [0.5, 0.6) is 0 Å². The molecule has 0 aromatic carbocycles. The molecule has 1 saturated heterocycles.